The minimum absolute atomic E-state index is 0.0307. The molecule has 0 radical (unpaired) electrons. The SMILES string of the molecule is N#Cc1ccc(CN2CCc3nc(-c4ccc(Cl)cc4)[nH]c(=O)c3C2)cc1F. The second-order valence-corrected chi connectivity index (χ2v) is 7.17. The predicted octanol–water partition coefficient (Wildman–Crippen LogP) is 3.66. The number of hydrogen-bond donors (Lipinski definition) is 1. The Balaban J connectivity index is 1.56. The van der Waals surface area contributed by atoms with Crippen molar-refractivity contribution in [3.8, 4) is 17.5 Å². The van der Waals surface area contributed by atoms with Gasteiger partial charge in [-0.15, -0.1) is 0 Å². The molecular weight excluding hydrogens is 379 g/mol. The van der Waals surface area contributed by atoms with Crippen LogP contribution in [0.1, 0.15) is 22.4 Å². The van der Waals surface area contributed by atoms with Gasteiger partial charge < -0.3 is 4.98 Å². The summed E-state index contributed by atoms with van der Waals surface area (Å²) in [6.45, 7) is 1.66. The monoisotopic (exact) mass is 394 g/mol. The molecule has 2 heterocycles. The minimum Gasteiger partial charge on any atom is -0.306 e. The van der Waals surface area contributed by atoms with Crippen molar-refractivity contribution in [1.82, 2.24) is 14.9 Å². The molecule has 1 N–H and O–H groups in total. The lowest BCUT2D eigenvalue weighted by Gasteiger charge is -2.27. The molecule has 0 atom stereocenters. The lowest BCUT2D eigenvalue weighted by molar-refractivity contribution is 0.241. The van der Waals surface area contributed by atoms with E-state index in [9.17, 15) is 9.18 Å². The number of nitrogens with zero attached hydrogens (tertiary/aromatic N) is 3. The van der Waals surface area contributed by atoms with Crippen LogP contribution in [0.3, 0.4) is 0 Å². The third-order valence-corrected chi connectivity index (χ3v) is 5.08. The molecule has 1 aliphatic heterocycles. The smallest absolute Gasteiger partial charge is 0.255 e. The van der Waals surface area contributed by atoms with Crippen LogP contribution < -0.4 is 5.56 Å². The molecule has 5 nitrogen and oxygen atoms in total. The second kappa shape index (κ2) is 7.55. The van der Waals surface area contributed by atoms with E-state index in [1.54, 1.807) is 18.2 Å². The number of hydrogen-bond acceptors (Lipinski definition) is 4. The Morgan fingerprint density at radius 1 is 1.25 bits per heavy atom. The normalized spacial score (nSPS) is 13.8. The fourth-order valence-corrected chi connectivity index (χ4v) is 3.49. The first-order chi connectivity index (χ1) is 13.5. The van der Waals surface area contributed by atoms with Gasteiger partial charge in [-0.25, -0.2) is 9.37 Å². The molecule has 0 unspecified atom stereocenters. The van der Waals surface area contributed by atoms with Crippen molar-refractivity contribution in [1.29, 1.82) is 5.26 Å². The van der Waals surface area contributed by atoms with Crippen LogP contribution >= 0.6 is 11.6 Å². The summed E-state index contributed by atoms with van der Waals surface area (Å²) in [6, 6.07) is 13.6. The zero-order valence-corrected chi connectivity index (χ0v) is 15.6. The van der Waals surface area contributed by atoms with E-state index in [0.29, 0.717) is 42.5 Å². The number of nitriles is 1. The Labute approximate surface area is 166 Å². The first kappa shape index (κ1) is 18.4. The summed E-state index contributed by atoms with van der Waals surface area (Å²) in [5.41, 5.74) is 2.87. The summed E-state index contributed by atoms with van der Waals surface area (Å²) in [6.07, 6.45) is 0.638. The van der Waals surface area contributed by atoms with Gasteiger partial charge in [-0.3, -0.25) is 9.69 Å². The van der Waals surface area contributed by atoms with Gasteiger partial charge in [-0.2, -0.15) is 5.26 Å². The third kappa shape index (κ3) is 3.68. The zero-order valence-electron chi connectivity index (χ0n) is 14.9. The van der Waals surface area contributed by atoms with Gasteiger partial charge in [-0.05, 0) is 42.0 Å². The molecule has 7 heteroatoms. The van der Waals surface area contributed by atoms with E-state index in [1.807, 2.05) is 18.2 Å². The Morgan fingerprint density at radius 3 is 2.75 bits per heavy atom. The van der Waals surface area contributed by atoms with Gasteiger partial charge in [0.25, 0.3) is 5.56 Å². The van der Waals surface area contributed by atoms with Crippen molar-refractivity contribution in [2.24, 2.45) is 0 Å². The van der Waals surface area contributed by atoms with Gasteiger partial charge in [0.2, 0.25) is 0 Å². The van der Waals surface area contributed by atoms with E-state index in [-0.39, 0.29) is 11.1 Å². The number of aromatic amines is 1. The van der Waals surface area contributed by atoms with Crippen LogP contribution in [0.5, 0.6) is 0 Å². The van der Waals surface area contributed by atoms with Gasteiger partial charge in [0.1, 0.15) is 17.7 Å². The van der Waals surface area contributed by atoms with Crippen molar-refractivity contribution in [3.63, 3.8) is 0 Å². The number of benzene rings is 2. The number of halogens is 2. The van der Waals surface area contributed by atoms with Crippen LogP contribution in [0.15, 0.2) is 47.3 Å². The molecule has 3 aromatic rings. The molecule has 0 spiro atoms. The van der Waals surface area contributed by atoms with E-state index in [1.165, 1.54) is 12.1 Å². The van der Waals surface area contributed by atoms with Crippen LogP contribution in [-0.2, 0) is 19.5 Å². The Hall–Kier alpha value is -3.01. The van der Waals surface area contributed by atoms with E-state index < -0.39 is 5.82 Å². The number of nitrogens with one attached hydrogen (secondary N) is 1. The van der Waals surface area contributed by atoms with E-state index in [4.69, 9.17) is 16.9 Å². The largest absolute Gasteiger partial charge is 0.306 e. The molecule has 1 aromatic heterocycles. The zero-order chi connectivity index (χ0) is 19.7. The average Bonchev–Trinajstić information content (AvgIpc) is 2.69. The Morgan fingerprint density at radius 2 is 2.04 bits per heavy atom. The lowest BCUT2D eigenvalue weighted by atomic mass is 10.0. The lowest BCUT2D eigenvalue weighted by Crippen LogP contribution is -2.35. The molecule has 140 valence electrons. The number of H-pyrrole nitrogens is 1. The highest BCUT2D eigenvalue weighted by molar-refractivity contribution is 6.30. The highest BCUT2D eigenvalue weighted by atomic mass is 35.5. The highest BCUT2D eigenvalue weighted by Crippen LogP contribution is 2.21. The molecule has 0 aliphatic carbocycles. The van der Waals surface area contributed by atoms with Crippen molar-refractivity contribution >= 4 is 11.6 Å². The molecule has 4 rings (SSSR count). The molecule has 2 aromatic carbocycles. The van der Waals surface area contributed by atoms with Gasteiger partial charge in [0.05, 0.1) is 16.8 Å². The van der Waals surface area contributed by atoms with Crippen LogP contribution in [0, 0.1) is 17.1 Å². The van der Waals surface area contributed by atoms with E-state index in [2.05, 4.69) is 14.9 Å². The molecular formula is C21H16ClFN4O. The minimum atomic E-state index is -0.524. The summed E-state index contributed by atoms with van der Waals surface area (Å²) in [7, 11) is 0. The van der Waals surface area contributed by atoms with Crippen LogP contribution in [0.4, 0.5) is 4.39 Å². The van der Waals surface area contributed by atoms with Gasteiger partial charge in [0.15, 0.2) is 0 Å². The Bertz CT molecular complexity index is 1130. The number of aromatic nitrogens is 2. The molecule has 28 heavy (non-hydrogen) atoms. The molecule has 0 saturated heterocycles. The van der Waals surface area contributed by atoms with Crippen molar-refractivity contribution in [3.05, 3.63) is 86.0 Å². The molecule has 1 aliphatic rings. The van der Waals surface area contributed by atoms with Crippen LogP contribution in [-0.4, -0.2) is 21.4 Å². The highest BCUT2D eigenvalue weighted by Gasteiger charge is 2.22. The average molecular weight is 395 g/mol. The Kier molecular flexibility index (Phi) is 4.95. The maximum atomic E-state index is 13.8. The van der Waals surface area contributed by atoms with Gasteiger partial charge >= 0.3 is 0 Å². The van der Waals surface area contributed by atoms with Crippen molar-refractivity contribution in [2.75, 3.05) is 6.54 Å². The molecule has 0 amide bonds. The maximum absolute atomic E-state index is 13.8. The first-order valence-corrected chi connectivity index (χ1v) is 9.20. The van der Waals surface area contributed by atoms with Crippen molar-refractivity contribution < 1.29 is 4.39 Å². The van der Waals surface area contributed by atoms with Gasteiger partial charge in [-0.1, -0.05) is 17.7 Å². The van der Waals surface area contributed by atoms with Crippen LogP contribution in [0.2, 0.25) is 5.02 Å². The molecule has 0 saturated carbocycles. The maximum Gasteiger partial charge on any atom is 0.255 e. The fraction of sp³-hybridized carbons (Fsp3) is 0.190. The summed E-state index contributed by atoms with van der Waals surface area (Å²) in [4.78, 5) is 22.2. The topological polar surface area (TPSA) is 72.8 Å². The predicted molar refractivity (Wildman–Crippen MR) is 104 cm³/mol. The molecule has 0 bridgehead atoms. The molecule has 0 fully saturated rings. The summed E-state index contributed by atoms with van der Waals surface area (Å²) >= 11 is 5.92. The second-order valence-electron chi connectivity index (χ2n) is 6.73. The fourth-order valence-electron chi connectivity index (χ4n) is 3.37. The third-order valence-electron chi connectivity index (χ3n) is 4.83. The van der Waals surface area contributed by atoms with Crippen LogP contribution in [0.25, 0.3) is 11.4 Å². The first-order valence-electron chi connectivity index (χ1n) is 8.82. The number of rotatable bonds is 3. The quantitative estimate of drug-likeness (QED) is 0.735. The van der Waals surface area contributed by atoms with Gasteiger partial charge in [0, 0.05) is 36.6 Å². The van der Waals surface area contributed by atoms with E-state index in [0.717, 1.165) is 16.8 Å². The standard InChI is InChI=1S/C21H16ClFN4O/c22-16-5-3-14(4-6-16)20-25-19-7-8-27(12-17(19)21(28)26-20)11-13-1-2-15(10-24)18(23)9-13/h1-6,9H,7-8,11-12H2,(H,25,26,28). The summed E-state index contributed by atoms with van der Waals surface area (Å²) < 4.78 is 13.8. The summed E-state index contributed by atoms with van der Waals surface area (Å²) in [5.74, 6) is 0.00700. The summed E-state index contributed by atoms with van der Waals surface area (Å²) in [5, 5.41) is 9.46. The number of fused-ring (bicyclic) bond motifs is 1. The van der Waals surface area contributed by atoms with E-state index >= 15 is 0 Å². The van der Waals surface area contributed by atoms with Crippen molar-refractivity contribution in [2.45, 2.75) is 19.5 Å².